The molecule has 0 spiro atoms. The lowest BCUT2D eigenvalue weighted by atomic mass is 9.91. The van der Waals surface area contributed by atoms with E-state index in [4.69, 9.17) is 4.74 Å². The predicted molar refractivity (Wildman–Crippen MR) is 128 cm³/mol. The zero-order valence-electron chi connectivity index (χ0n) is 18.5. The van der Waals surface area contributed by atoms with Gasteiger partial charge in [-0.05, 0) is 79.8 Å². The molecule has 164 valence electrons. The maximum absolute atomic E-state index is 13.3. The molecule has 0 fully saturated rings. The molecule has 0 saturated heterocycles. The summed E-state index contributed by atoms with van der Waals surface area (Å²) in [7, 11) is 2.05. The van der Waals surface area contributed by atoms with E-state index in [1.165, 1.54) is 27.7 Å². The Labute approximate surface area is 188 Å². The van der Waals surface area contributed by atoms with E-state index in [2.05, 4.69) is 47.3 Å². The monoisotopic (exact) mass is 428 g/mol. The minimum atomic E-state index is -0.182. The zero-order chi connectivity index (χ0) is 21.9. The summed E-state index contributed by atoms with van der Waals surface area (Å²) in [5, 5.41) is 4.76. The Morgan fingerprint density at radius 2 is 1.81 bits per heavy atom. The SMILES string of the molecule is CNC1CCc2c(c3cc(OCc4ccccc4)ccc3n2CCc2ccc(F)cc2)C1. The maximum Gasteiger partial charge on any atom is 0.123 e. The molecule has 0 aliphatic heterocycles. The molecule has 4 aromatic rings. The molecule has 0 radical (unpaired) electrons. The Morgan fingerprint density at radius 3 is 2.59 bits per heavy atom. The van der Waals surface area contributed by atoms with Gasteiger partial charge in [0.05, 0.1) is 0 Å². The van der Waals surface area contributed by atoms with Crippen molar-refractivity contribution in [2.45, 2.75) is 44.9 Å². The number of ether oxygens (including phenoxy) is 1. The van der Waals surface area contributed by atoms with Crippen molar-refractivity contribution < 1.29 is 9.13 Å². The third-order valence-electron chi connectivity index (χ3n) is 6.63. The van der Waals surface area contributed by atoms with Gasteiger partial charge in [-0.25, -0.2) is 4.39 Å². The van der Waals surface area contributed by atoms with Gasteiger partial charge in [-0.1, -0.05) is 42.5 Å². The van der Waals surface area contributed by atoms with E-state index in [0.717, 1.165) is 43.5 Å². The normalized spacial score (nSPS) is 15.6. The van der Waals surface area contributed by atoms with Gasteiger partial charge in [0.1, 0.15) is 18.2 Å². The van der Waals surface area contributed by atoms with Crippen LogP contribution in [-0.4, -0.2) is 17.7 Å². The van der Waals surface area contributed by atoms with Crippen molar-refractivity contribution in [3.63, 3.8) is 0 Å². The van der Waals surface area contributed by atoms with Gasteiger partial charge < -0.3 is 14.6 Å². The van der Waals surface area contributed by atoms with E-state index in [9.17, 15) is 4.39 Å². The van der Waals surface area contributed by atoms with Crippen LogP contribution in [0.25, 0.3) is 10.9 Å². The summed E-state index contributed by atoms with van der Waals surface area (Å²) in [6.07, 6.45) is 4.14. The average molecular weight is 429 g/mol. The Bertz CT molecular complexity index is 1200. The largest absolute Gasteiger partial charge is 0.489 e. The number of halogens is 1. The molecule has 0 amide bonds. The first-order valence-electron chi connectivity index (χ1n) is 11.4. The van der Waals surface area contributed by atoms with E-state index in [0.29, 0.717) is 12.6 Å². The van der Waals surface area contributed by atoms with Gasteiger partial charge in [-0.2, -0.15) is 0 Å². The van der Waals surface area contributed by atoms with Gasteiger partial charge in [0.2, 0.25) is 0 Å². The molecule has 5 rings (SSSR count). The first-order chi connectivity index (χ1) is 15.7. The van der Waals surface area contributed by atoms with Gasteiger partial charge in [-0.15, -0.1) is 0 Å². The summed E-state index contributed by atoms with van der Waals surface area (Å²) >= 11 is 0. The molecular formula is C28H29FN2O. The summed E-state index contributed by atoms with van der Waals surface area (Å²) < 4.78 is 21.9. The Kier molecular flexibility index (Phi) is 5.95. The van der Waals surface area contributed by atoms with Crippen molar-refractivity contribution in [2.24, 2.45) is 0 Å². The maximum atomic E-state index is 13.3. The second kappa shape index (κ2) is 9.17. The quantitative estimate of drug-likeness (QED) is 0.410. The van der Waals surface area contributed by atoms with Crippen LogP contribution in [0.5, 0.6) is 5.75 Å². The molecule has 0 bridgehead atoms. The first kappa shape index (κ1) is 20.8. The van der Waals surface area contributed by atoms with Gasteiger partial charge in [0.15, 0.2) is 0 Å². The third kappa shape index (κ3) is 4.28. The fourth-order valence-electron chi connectivity index (χ4n) is 4.85. The molecule has 3 nitrogen and oxygen atoms in total. The van der Waals surface area contributed by atoms with Crippen LogP contribution in [0.2, 0.25) is 0 Å². The van der Waals surface area contributed by atoms with Crippen LogP contribution in [0.15, 0.2) is 72.8 Å². The number of hydrogen-bond donors (Lipinski definition) is 1. The Morgan fingerprint density at radius 1 is 1.00 bits per heavy atom. The lowest BCUT2D eigenvalue weighted by Crippen LogP contribution is -2.31. The molecule has 1 heterocycles. The lowest BCUT2D eigenvalue weighted by molar-refractivity contribution is 0.306. The van der Waals surface area contributed by atoms with Crippen LogP contribution >= 0.6 is 0 Å². The average Bonchev–Trinajstić information content (AvgIpc) is 3.15. The van der Waals surface area contributed by atoms with Gasteiger partial charge in [0.25, 0.3) is 0 Å². The predicted octanol–water partition coefficient (Wildman–Crippen LogP) is 5.68. The van der Waals surface area contributed by atoms with Gasteiger partial charge in [-0.3, -0.25) is 0 Å². The smallest absolute Gasteiger partial charge is 0.123 e. The second-order valence-corrected chi connectivity index (χ2v) is 8.63. The number of rotatable bonds is 7. The van der Waals surface area contributed by atoms with Gasteiger partial charge >= 0.3 is 0 Å². The molecule has 1 aliphatic rings. The summed E-state index contributed by atoms with van der Waals surface area (Å²) in [5.74, 6) is 0.727. The van der Waals surface area contributed by atoms with Gasteiger partial charge in [0, 0.05) is 29.2 Å². The van der Waals surface area contributed by atoms with Crippen molar-refractivity contribution >= 4 is 10.9 Å². The van der Waals surface area contributed by atoms with E-state index in [-0.39, 0.29) is 5.82 Å². The number of fused-ring (bicyclic) bond motifs is 3. The number of nitrogens with one attached hydrogen (secondary N) is 1. The van der Waals surface area contributed by atoms with Crippen LogP contribution in [0.3, 0.4) is 0 Å². The molecule has 1 unspecified atom stereocenters. The van der Waals surface area contributed by atoms with E-state index < -0.39 is 0 Å². The molecular weight excluding hydrogens is 399 g/mol. The van der Waals surface area contributed by atoms with E-state index in [1.807, 2.05) is 30.3 Å². The van der Waals surface area contributed by atoms with Crippen molar-refractivity contribution in [3.05, 3.63) is 101 Å². The first-order valence-corrected chi connectivity index (χ1v) is 11.4. The van der Waals surface area contributed by atoms with Crippen LogP contribution < -0.4 is 10.1 Å². The molecule has 0 saturated carbocycles. The van der Waals surface area contributed by atoms with Crippen molar-refractivity contribution in [1.29, 1.82) is 0 Å². The second-order valence-electron chi connectivity index (χ2n) is 8.63. The van der Waals surface area contributed by atoms with Crippen molar-refractivity contribution in [1.82, 2.24) is 9.88 Å². The lowest BCUT2D eigenvalue weighted by Gasteiger charge is -2.23. The van der Waals surface area contributed by atoms with Crippen molar-refractivity contribution in [2.75, 3.05) is 7.05 Å². The highest BCUT2D eigenvalue weighted by atomic mass is 19.1. The Hall–Kier alpha value is -3.11. The highest BCUT2D eigenvalue weighted by Gasteiger charge is 2.25. The highest BCUT2D eigenvalue weighted by molar-refractivity contribution is 5.87. The summed E-state index contributed by atoms with van der Waals surface area (Å²) in [5.41, 5.74) is 6.47. The topological polar surface area (TPSA) is 26.2 Å². The number of hydrogen-bond acceptors (Lipinski definition) is 2. The molecule has 1 aliphatic carbocycles. The number of likely N-dealkylation sites (N-methyl/N-ethyl adjacent to an activating group) is 1. The number of aromatic nitrogens is 1. The van der Waals surface area contributed by atoms with E-state index >= 15 is 0 Å². The van der Waals surface area contributed by atoms with Crippen LogP contribution in [-0.2, 0) is 32.4 Å². The molecule has 1 atom stereocenters. The van der Waals surface area contributed by atoms with E-state index in [1.54, 1.807) is 12.1 Å². The van der Waals surface area contributed by atoms with Crippen molar-refractivity contribution in [3.8, 4) is 5.75 Å². The zero-order valence-corrected chi connectivity index (χ0v) is 18.5. The molecule has 4 heteroatoms. The standard InChI is InChI=1S/C28H29FN2O/c1-30-23-11-13-27-25(17-23)26-18-24(32-19-21-5-3-2-4-6-21)12-14-28(26)31(27)16-15-20-7-9-22(29)10-8-20/h2-10,12,14,18,23,30H,11,13,15-17,19H2,1H3. The fraction of sp³-hybridized carbons (Fsp3) is 0.286. The number of benzene rings is 3. The Balaban J connectivity index is 1.45. The van der Waals surface area contributed by atoms with Crippen LogP contribution in [0, 0.1) is 5.82 Å². The molecule has 1 aromatic heterocycles. The highest BCUT2D eigenvalue weighted by Crippen LogP contribution is 2.35. The fourth-order valence-corrected chi connectivity index (χ4v) is 4.85. The molecule has 3 aromatic carbocycles. The number of aryl methyl sites for hydroxylation is 2. The molecule has 1 N–H and O–H groups in total. The third-order valence-corrected chi connectivity index (χ3v) is 6.63. The van der Waals surface area contributed by atoms with Crippen LogP contribution in [0.1, 0.15) is 28.8 Å². The summed E-state index contributed by atoms with van der Waals surface area (Å²) in [4.78, 5) is 0. The minimum Gasteiger partial charge on any atom is -0.489 e. The summed E-state index contributed by atoms with van der Waals surface area (Å²) in [6.45, 7) is 1.46. The summed E-state index contributed by atoms with van der Waals surface area (Å²) in [6, 6.07) is 24.2. The minimum absolute atomic E-state index is 0.182. The van der Waals surface area contributed by atoms with Crippen LogP contribution in [0.4, 0.5) is 4.39 Å². The number of nitrogens with zero attached hydrogens (tertiary/aromatic N) is 1. The molecule has 32 heavy (non-hydrogen) atoms.